The topological polar surface area (TPSA) is 75.2 Å². The van der Waals surface area contributed by atoms with Crippen LogP contribution in [-0.2, 0) is 24.3 Å². The average molecular weight is 425 g/mol. The van der Waals surface area contributed by atoms with Crippen molar-refractivity contribution < 1.29 is 14.3 Å². The summed E-state index contributed by atoms with van der Waals surface area (Å²) in [5.41, 5.74) is 3.67. The quantitative estimate of drug-likeness (QED) is 0.368. The van der Waals surface area contributed by atoms with E-state index in [2.05, 4.69) is 27.8 Å². The summed E-state index contributed by atoms with van der Waals surface area (Å²) in [6.07, 6.45) is 2.13. The SMILES string of the molecule is CN=C(NCCCC(=O)N1Cc2ccccc2C1)NCCc1ccc(OC)c(OC)c1. The van der Waals surface area contributed by atoms with Crippen LogP contribution in [0.15, 0.2) is 47.5 Å². The second kappa shape index (κ2) is 11.2. The minimum Gasteiger partial charge on any atom is -0.493 e. The molecule has 2 aromatic carbocycles. The Morgan fingerprint density at radius 1 is 1.00 bits per heavy atom. The summed E-state index contributed by atoms with van der Waals surface area (Å²) in [5, 5.41) is 6.59. The maximum absolute atomic E-state index is 12.5. The Morgan fingerprint density at radius 2 is 1.68 bits per heavy atom. The highest BCUT2D eigenvalue weighted by atomic mass is 16.5. The van der Waals surface area contributed by atoms with Crippen molar-refractivity contribution >= 4 is 11.9 Å². The molecule has 0 aliphatic carbocycles. The first-order valence-electron chi connectivity index (χ1n) is 10.6. The smallest absolute Gasteiger partial charge is 0.223 e. The minimum absolute atomic E-state index is 0.203. The molecule has 0 fully saturated rings. The standard InChI is InChI=1S/C24H32N4O3/c1-25-24(27-14-12-18-10-11-21(30-2)22(15-18)31-3)26-13-6-9-23(29)28-16-19-7-4-5-8-20(19)17-28/h4-5,7-8,10-11,15H,6,9,12-14,16-17H2,1-3H3,(H2,25,26,27). The molecule has 0 unspecified atom stereocenters. The second-order valence-electron chi connectivity index (χ2n) is 7.49. The molecule has 1 heterocycles. The number of methoxy groups -OCH3 is 2. The lowest BCUT2D eigenvalue weighted by atomic mass is 10.1. The Hall–Kier alpha value is -3.22. The Kier molecular flexibility index (Phi) is 8.15. The number of benzene rings is 2. The number of ether oxygens (including phenoxy) is 2. The zero-order valence-electron chi connectivity index (χ0n) is 18.6. The molecule has 1 aliphatic heterocycles. The Labute approximate surface area is 184 Å². The van der Waals surface area contributed by atoms with E-state index in [-0.39, 0.29) is 5.91 Å². The molecule has 7 heteroatoms. The molecule has 0 radical (unpaired) electrons. The van der Waals surface area contributed by atoms with E-state index in [9.17, 15) is 4.79 Å². The van der Waals surface area contributed by atoms with Crippen molar-refractivity contribution in [2.75, 3.05) is 34.4 Å². The molecule has 2 aromatic rings. The van der Waals surface area contributed by atoms with E-state index in [1.54, 1.807) is 21.3 Å². The van der Waals surface area contributed by atoms with Gasteiger partial charge in [0, 0.05) is 39.6 Å². The van der Waals surface area contributed by atoms with E-state index in [4.69, 9.17) is 9.47 Å². The number of rotatable bonds is 9. The Balaban J connectivity index is 1.34. The Bertz CT molecular complexity index is 888. The van der Waals surface area contributed by atoms with Gasteiger partial charge in [0.1, 0.15) is 0 Å². The lowest BCUT2D eigenvalue weighted by Gasteiger charge is -2.16. The molecule has 1 amide bonds. The fourth-order valence-electron chi connectivity index (χ4n) is 3.70. The van der Waals surface area contributed by atoms with Gasteiger partial charge in [-0.25, -0.2) is 0 Å². The van der Waals surface area contributed by atoms with Gasteiger partial charge in [-0.05, 0) is 41.7 Å². The van der Waals surface area contributed by atoms with Gasteiger partial charge in [0.25, 0.3) is 0 Å². The highest BCUT2D eigenvalue weighted by Crippen LogP contribution is 2.27. The summed E-state index contributed by atoms with van der Waals surface area (Å²) < 4.78 is 10.6. The number of nitrogens with one attached hydrogen (secondary N) is 2. The van der Waals surface area contributed by atoms with Crippen LogP contribution >= 0.6 is 0 Å². The molecule has 0 bridgehead atoms. The van der Waals surface area contributed by atoms with Crippen LogP contribution in [0.5, 0.6) is 11.5 Å². The Morgan fingerprint density at radius 3 is 2.32 bits per heavy atom. The third kappa shape index (κ3) is 6.13. The number of amides is 1. The van der Waals surface area contributed by atoms with Crippen molar-refractivity contribution in [3.05, 3.63) is 59.2 Å². The predicted molar refractivity (Wildman–Crippen MR) is 123 cm³/mol. The number of guanidine groups is 1. The van der Waals surface area contributed by atoms with Crippen molar-refractivity contribution in [1.82, 2.24) is 15.5 Å². The van der Waals surface area contributed by atoms with Gasteiger partial charge in [0.15, 0.2) is 17.5 Å². The third-order valence-corrected chi connectivity index (χ3v) is 5.43. The van der Waals surface area contributed by atoms with Crippen LogP contribution in [0.4, 0.5) is 0 Å². The molecule has 7 nitrogen and oxygen atoms in total. The summed E-state index contributed by atoms with van der Waals surface area (Å²) >= 11 is 0. The van der Waals surface area contributed by atoms with Crippen molar-refractivity contribution in [3.8, 4) is 11.5 Å². The number of hydrogen-bond acceptors (Lipinski definition) is 4. The molecule has 0 spiro atoms. The molecule has 166 valence electrons. The van der Waals surface area contributed by atoms with Gasteiger partial charge in [-0.2, -0.15) is 0 Å². The third-order valence-electron chi connectivity index (χ3n) is 5.43. The monoisotopic (exact) mass is 424 g/mol. The fourth-order valence-corrected chi connectivity index (χ4v) is 3.70. The molecule has 0 saturated carbocycles. The summed E-state index contributed by atoms with van der Waals surface area (Å²) in [5.74, 6) is 2.40. The van der Waals surface area contributed by atoms with Crippen LogP contribution in [-0.4, -0.2) is 51.1 Å². The van der Waals surface area contributed by atoms with Crippen LogP contribution in [0.3, 0.4) is 0 Å². The number of aliphatic imine (C=N–C) groups is 1. The summed E-state index contributed by atoms with van der Waals surface area (Å²) in [4.78, 5) is 18.7. The largest absolute Gasteiger partial charge is 0.493 e. The van der Waals surface area contributed by atoms with Gasteiger partial charge < -0.3 is 25.0 Å². The van der Waals surface area contributed by atoms with Gasteiger partial charge in [0.05, 0.1) is 14.2 Å². The van der Waals surface area contributed by atoms with Crippen molar-refractivity contribution in [2.24, 2.45) is 4.99 Å². The molecule has 0 atom stereocenters. The van der Waals surface area contributed by atoms with Gasteiger partial charge in [-0.1, -0.05) is 30.3 Å². The number of carbonyl (C=O) groups excluding carboxylic acids is 1. The van der Waals surface area contributed by atoms with Crippen LogP contribution in [0.1, 0.15) is 29.5 Å². The summed E-state index contributed by atoms with van der Waals surface area (Å²) in [6, 6.07) is 14.2. The molecule has 31 heavy (non-hydrogen) atoms. The second-order valence-corrected chi connectivity index (χ2v) is 7.49. The van der Waals surface area contributed by atoms with Gasteiger partial charge in [-0.3, -0.25) is 9.79 Å². The van der Waals surface area contributed by atoms with E-state index in [0.29, 0.717) is 13.0 Å². The van der Waals surface area contributed by atoms with Crippen LogP contribution in [0.25, 0.3) is 0 Å². The molecule has 0 aromatic heterocycles. The molecule has 0 saturated heterocycles. The number of fused-ring (bicyclic) bond motifs is 1. The zero-order chi connectivity index (χ0) is 22.1. The highest BCUT2D eigenvalue weighted by Gasteiger charge is 2.22. The maximum Gasteiger partial charge on any atom is 0.223 e. The number of carbonyl (C=O) groups is 1. The summed E-state index contributed by atoms with van der Waals surface area (Å²) in [6.45, 7) is 2.88. The van der Waals surface area contributed by atoms with E-state index in [1.165, 1.54) is 11.1 Å². The van der Waals surface area contributed by atoms with E-state index >= 15 is 0 Å². The van der Waals surface area contributed by atoms with Crippen molar-refractivity contribution in [2.45, 2.75) is 32.4 Å². The van der Waals surface area contributed by atoms with E-state index < -0.39 is 0 Å². The van der Waals surface area contributed by atoms with E-state index in [0.717, 1.165) is 55.5 Å². The maximum atomic E-state index is 12.5. The molecular weight excluding hydrogens is 392 g/mol. The fraction of sp³-hybridized carbons (Fsp3) is 0.417. The number of hydrogen-bond donors (Lipinski definition) is 2. The minimum atomic E-state index is 0.203. The van der Waals surface area contributed by atoms with Gasteiger partial charge >= 0.3 is 0 Å². The van der Waals surface area contributed by atoms with Crippen molar-refractivity contribution in [1.29, 1.82) is 0 Å². The summed E-state index contributed by atoms with van der Waals surface area (Å²) in [7, 11) is 5.02. The lowest BCUT2D eigenvalue weighted by molar-refractivity contribution is -0.131. The predicted octanol–water partition coefficient (Wildman–Crippen LogP) is 2.73. The normalized spacial score (nSPS) is 13.0. The first-order chi connectivity index (χ1) is 15.1. The highest BCUT2D eigenvalue weighted by molar-refractivity contribution is 5.80. The van der Waals surface area contributed by atoms with Crippen LogP contribution < -0.4 is 20.1 Å². The van der Waals surface area contributed by atoms with Crippen LogP contribution in [0, 0.1) is 0 Å². The zero-order valence-corrected chi connectivity index (χ0v) is 18.6. The molecule has 2 N–H and O–H groups in total. The first kappa shape index (κ1) is 22.5. The van der Waals surface area contributed by atoms with Gasteiger partial charge in [-0.15, -0.1) is 0 Å². The lowest BCUT2D eigenvalue weighted by Crippen LogP contribution is -2.39. The first-order valence-corrected chi connectivity index (χ1v) is 10.6. The molecule has 1 aliphatic rings. The molecule has 3 rings (SSSR count). The van der Waals surface area contributed by atoms with Gasteiger partial charge in [0.2, 0.25) is 5.91 Å². The van der Waals surface area contributed by atoms with E-state index in [1.807, 2.05) is 35.2 Å². The average Bonchev–Trinajstić information content (AvgIpc) is 3.24. The number of nitrogens with zero attached hydrogens (tertiary/aromatic N) is 2. The van der Waals surface area contributed by atoms with Crippen molar-refractivity contribution in [3.63, 3.8) is 0 Å². The molecular formula is C24H32N4O3. The van der Waals surface area contributed by atoms with Crippen LogP contribution in [0.2, 0.25) is 0 Å².